The molecule has 1 aliphatic rings. The second-order valence-corrected chi connectivity index (χ2v) is 4.86. The van der Waals surface area contributed by atoms with Gasteiger partial charge in [-0.2, -0.15) is 0 Å². The number of nitrogens with two attached hydrogens (primary N) is 1. The summed E-state index contributed by atoms with van der Waals surface area (Å²) < 4.78 is 7.04. The molecule has 20 heavy (non-hydrogen) atoms. The van der Waals surface area contributed by atoms with Crippen LogP contribution in [-0.2, 0) is 19.4 Å². The summed E-state index contributed by atoms with van der Waals surface area (Å²) in [6, 6.07) is 5.08. The average molecular weight is 273 g/mol. The minimum absolute atomic E-state index is 0.0492. The molecule has 1 amide bonds. The summed E-state index contributed by atoms with van der Waals surface area (Å²) in [5.41, 5.74) is 4.63. The number of amides is 1. The van der Waals surface area contributed by atoms with Gasteiger partial charge in [-0.05, 0) is 30.9 Å². The van der Waals surface area contributed by atoms with Crippen LogP contribution in [0.4, 0.5) is 0 Å². The fourth-order valence-corrected chi connectivity index (χ4v) is 2.63. The third kappa shape index (κ3) is 2.14. The fraction of sp³-hybridized carbons (Fsp3) is 0.286. The van der Waals surface area contributed by atoms with Crippen molar-refractivity contribution in [3.63, 3.8) is 0 Å². The molecule has 6 heteroatoms. The van der Waals surface area contributed by atoms with Gasteiger partial charge in [-0.15, -0.1) is 0 Å². The number of aryl methyl sites for hydroxylation is 1. The first kappa shape index (κ1) is 12.7. The highest BCUT2D eigenvalue weighted by atomic mass is 16.3. The molecule has 0 aliphatic heterocycles. The molecule has 0 atom stereocenters. The van der Waals surface area contributed by atoms with Gasteiger partial charge in [-0.25, -0.2) is 5.84 Å². The fourth-order valence-electron chi connectivity index (χ4n) is 2.63. The average Bonchev–Trinajstić information content (AvgIpc) is 3.10. The molecule has 0 saturated carbocycles. The highest BCUT2D eigenvalue weighted by Crippen LogP contribution is 2.21. The van der Waals surface area contributed by atoms with E-state index in [-0.39, 0.29) is 5.56 Å². The first-order chi connectivity index (χ1) is 9.69. The molecule has 2 aromatic heterocycles. The van der Waals surface area contributed by atoms with Crippen molar-refractivity contribution in [3.05, 3.63) is 57.4 Å². The molecular formula is C14H15N3O3. The summed E-state index contributed by atoms with van der Waals surface area (Å²) in [6.07, 6.45) is 4.32. The van der Waals surface area contributed by atoms with Gasteiger partial charge in [0.15, 0.2) is 0 Å². The number of rotatable bonds is 3. The number of nitrogen functional groups attached to an aromatic ring is 1. The lowest BCUT2D eigenvalue weighted by Gasteiger charge is -2.09. The maximum atomic E-state index is 12.0. The summed E-state index contributed by atoms with van der Waals surface area (Å²) in [6.45, 7) is 0.333. The number of furan rings is 1. The molecule has 2 aromatic rings. The van der Waals surface area contributed by atoms with Crippen LogP contribution in [0.5, 0.6) is 0 Å². The standard InChI is InChI=1S/C14H15N3O3/c15-16-14(19)10-6-11(20-8-10)7-17-12-3-1-2-9(12)4-5-13(17)18/h4-6,8H,1-3,7,15H2,(H,16,19). The molecule has 0 radical (unpaired) electrons. The number of carbonyl (C=O) groups is 1. The molecule has 0 bridgehead atoms. The predicted molar refractivity (Wildman–Crippen MR) is 72.2 cm³/mol. The Balaban J connectivity index is 1.92. The van der Waals surface area contributed by atoms with E-state index in [4.69, 9.17) is 10.3 Å². The van der Waals surface area contributed by atoms with Crippen LogP contribution in [0.2, 0.25) is 0 Å². The molecule has 104 valence electrons. The maximum Gasteiger partial charge on any atom is 0.268 e. The summed E-state index contributed by atoms with van der Waals surface area (Å²) in [4.78, 5) is 23.4. The first-order valence-electron chi connectivity index (χ1n) is 6.49. The molecule has 1 aliphatic carbocycles. The highest BCUT2D eigenvalue weighted by Gasteiger charge is 2.17. The van der Waals surface area contributed by atoms with E-state index in [1.54, 1.807) is 16.7 Å². The lowest BCUT2D eigenvalue weighted by atomic mass is 10.2. The van der Waals surface area contributed by atoms with Crippen molar-refractivity contribution in [1.82, 2.24) is 9.99 Å². The number of hydrogen-bond acceptors (Lipinski definition) is 4. The molecule has 0 saturated heterocycles. The maximum absolute atomic E-state index is 12.0. The molecule has 6 nitrogen and oxygen atoms in total. The van der Waals surface area contributed by atoms with Crippen molar-refractivity contribution in [1.29, 1.82) is 0 Å². The van der Waals surface area contributed by atoms with Crippen LogP contribution in [0.1, 0.15) is 33.8 Å². The van der Waals surface area contributed by atoms with E-state index in [1.807, 2.05) is 11.5 Å². The third-order valence-corrected chi connectivity index (χ3v) is 3.61. The SMILES string of the molecule is NNC(=O)c1coc(Cn2c3c(ccc2=O)CCC3)c1. The van der Waals surface area contributed by atoms with Crippen molar-refractivity contribution in [2.75, 3.05) is 0 Å². The molecule has 0 unspecified atom stereocenters. The zero-order valence-corrected chi connectivity index (χ0v) is 10.9. The third-order valence-electron chi connectivity index (χ3n) is 3.61. The number of nitrogens with zero attached hydrogens (tertiary/aromatic N) is 1. The Morgan fingerprint density at radius 2 is 2.25 bits per heavy atom. The van der Waals surface area contributed by atoms with Gasteiger partial charge in [-0.3, -0.25) is 15.0 Å². The van der Waals surface area contributed by atoms with E-state index in [0.29, 0.717) is 17.9 Å². The van der Waals surface area contributed by atoms with E-state index in [1.165, 1.54) is 11.8 Å². The van der Waals surface area contributed by atoms with Crippen LogP contribution in [0.25, 0.3) is 0 Å². The number of fused-ring (bicyclic) bond motifs is 1. The van der Waals surface area contributed by atoms with Crippen molar-refractivity contribution in [2.45, 2.75) is 25.8 Å². The summed E-state index contributed by atoms with van der Waals surface area (Å²) in [7, 11) is 0. The van der Waals surface area contributed by atoms with Crippen LogP contribution in [0.15, 0.2) is 33.7 Å². The predicted octanol–water partition coefficient (Wildman–Crippen LogP) is 0.582. The zero-order valence-electron chi connectivity index (χ0n) is 10.9. The Labute approximate surface area is 115 Å². The van der Waals surface area contributed by atoms with Gasteiger partial charge in [0, 0.05) is 11.8 Å². The summed E-state index contributed by atoms with van der Waals surface area (Å²) >= 11 is 0. The Hall–Kier alpha value is -2.34. The molecule has 3 N–H and O–H groups in total. The minimum Gasteiger partial charge on any atom is -0.467 e. The molecule has 0 fully saturated rings. The van der Waals surface area contributed by atoms with E-state index < -0.39 is 5.91 Å². The molecule has 3 rings (SSSR count). The lowest BCUT2D eigenvalue weighted by molar-refractivity contribution is 0.0953. The van der Waals surface area contributed by atoms with Gasteiger partial charge in [0.2, 0.25) is 0 Å². The summed E-state index contributed by atoms with van der Waals surface area (Å²) in [5, 5.41) is 0. The van der Waals surface area contributed by atoms with Crippen LogP contribution in [-0.4, -0.2) is 10.5 Å². The van der Waals surface area contributed by atoms with Gasteiger partial charge in [0.25, 0.3) is 11.5 Å². The van der Waals surface area contributed by atoms with Gasteiger partial charge < -0.3 is 8.98 Å². The van der Waals surface area contributed by atoms with E-state index in [0.717, 1.165) is 25.0 Å². The van der Waals surface area contributed by atoms with Crippen LogP contribution < -0.4 is 16.8 Å². The van der Waals surface area contributed by atoms with Gasteiger partial charge in [0.05, 0.1) is 12.1 Å². The Kier molecular flexibility index (Phi) is 3.15. The first-order valence-corrected chi connectivity index (χ1v) is 6.49. The normalized spacial score (nSPS) is 13.2. The topological polar surface area (TPSA) is 90.3 Å². The Bertz CT molecular complexity index is 715. The van der Waals surface area contributed by atoms with E-state index in [9.17, 15) is 9.59 Å². The number of hydrazine groups is 1. The Morgan fingerprint density at radius 1 is 1.40 bits per heavy atom. The number of aromatic nitrogens is 1. The molecular weight excluding hydrogens is 258 g/mol. The van der Waals surface area contributed by atoms with Crippen molar-refractivity contribution in [2.24, 2.45) is 5.84 Å². The van der Waals surface area contributed by atoms with Gasteiger partial charge in [0.1, 0.15) is 12.0 Å². The van der Waals surface area contributed by atoms with Crippen LogP contribution in [0.3, 0.4) is 0 Å². The van der Waals surface area contributed by atoms with Crippen molar-refractivity contribution >= 4 is 5.91 Å². The van der Waals surface area contributed by atoms with E-state index >= 15 is 0 Å². The number of hydrogen-bond donors (Lipinski definition) is 2. The summed E-state index contributed by atoms with van der Waals surface area (Å²) in [5.74, 6) is 5.22. The lowest BCUT2D eigenvalue weighted by Crippen LogP contribution is -2.29. The second-order valence-electron chi connectivity index (χ2n) is 4.86. The van der Waals surface area contributed by atoms with Crippen molar-refractivity contribution < 1.29 is 9.21 Å². The number of carbonyl (C=O) groups excluding carboxylic acids is 1. The molecule has 0 spiro atoms. The highest BCUT2D eigenvalue weighted by molar-refractivity contribution is 5.93. The molecule has 0 aromatic carbocycles. The monoisotopic (exact) mass is 273 g/mol. The smallest absolute Gasteiger partial charge is 0.268 e. The van der Waals surface area contributed by atoms with Gasteiger partial charge in [-0.1, -0.05) is 6.07 Å². The Morgan fingerprint density at radius 3 is 3.05 bits per heavy atom. The van der Waals surface area contributed by atoms with Crippen molar-refractivity contribution in [3.8, 4) is 0 Å². The quantitative estimate of drug-likeness (QED) is 0.486. The van der Waals surface area contributed by atoms with Crippen LogP contribution in [0, 0.1) is 0 Å². The number of pyridine rings is 1. The van der Waals surface area contributed by atoms with Gasteiger partial charge >= 0.3 is 0 Å². The number of nitrogens with one attached hydrogen (secondary N) is 1. The van der Waals surface area contributed by atoms with E-state index in [2.05, 4.69) is 0 Å². The molecule has 2 heterocycles. The zero-order chi connectivity index (χ0) is 14.1. The minimum atomic E-state index is -0.411. The van der Waals surface area contributed by atoms with Crippen LogP contribution >= 0.6 is 0 Å². The largest absolute Gasteiger partial charge is 0.467 e. The second kappa shape index (κ2) is 4.97.